The van der Waals surface area contributed by atoms with Crippen molar-refractivity contribution in [2.24, 2.45) is 0 Å². The second-order valence-electron chi connectivity index (χ2n) is 7.81. The number of carbonyl (C=O) groups is 1. The average molecular weight is 529 g/mol. The Morgan fingerprint density at radius 3 is 2.64 bits per heavy atom. The van der Waals surface area contributed by atoms with Gasteiger partial charge in [-0.3, -0.25) is 9.78 Å². The van der Waals surface area contributed by atoms with Gasteiger partial charge in [0.05, 0.1) is 30.9 Å². The summed E-state index contributed by atoms with van der Waals surface area (Å²) in [6.07, 6.45) is 6.66. The lowest BCUT2D eigenvalue weighted by molar-refractivity contribution is -0.0845. The van der Waals surface area contributed by atoms with E-state index in [1.165, 1.54) is 43.0 Å². The molecule has 1 amide bonds. The van der Waals surface area contributed by atoms with Crippen LogP contribution in [0.3, 0.4) is 0 Å². The normalized spacial score (nSPS) is 16.4. The lowest BCUT2D eigenvalue weighted by atomic mass is 10.1. The highest BCUT2D eigenvalue weighted by Gasteiger charge is 2.38. The minimum absolute atomic E-state index is 0.0836. The maximum Gasteiger partial charge on any atom is 0.274 e. The van der Waals surface area contributed by atoms with Gasteiger partial charge >= 0.3 is 0 Å². The zero-order valence-electron chi connectivity index (χ0n) is 19.2. The number of nitrogens with one attached hydrogen (secondary N) is 1. The van der Waals surface area contributed by atoms with Crippen LogP contribution in [-0.2, 0) is 9.47 Å². The van der Waals surface area contributed by atoms with Crippen molar-refractivity contribution >= 4 is 37.2 Å². The van der Waals surface area contributed by atoms with Crippen LogP contribution in [0.2, 0.25) is 0 Å². The first-order valence-electron chi connectivity index (χ1n) is 11.2. The van der Waals surface area contributed by atoms with Gasteiger partial charge < -0.3 is 14.8 Å². The Bertz CT molecular complexity index is 1250. The number of thioether (sulfide) groups is 1. The molecule has 7 nitrogen and oxygen atoms in total. The number of nitrogens with zero attached hydrogens (tertiary/aromatic N) is 3. The fourth-order valence-corrected chi connectivity index (χ4v) is 5.66. The molecular formula is C25H23F2N4O3PS. The molecule has 1 N–H and O–H groups in total. The van der Waals surface area contributed by atoms with Crippen molar-refractivity contribution in [1.29, 1.82) is 5.26 Å². The lowest BCUT2D eigenvalue weighted by Gasteiger charge is -2.29. The maximum atomic E-state index is 14.3. The van der Waals surface area contributed by atoms with Crippen LogP contribution in [-0.4, -0.2) is 40.0 Å². The van der Waals surface area contributed by atoms with E-state index in [2.05, 4.69) is 15.3 Å². The number of carbonyl (C=O) groups excluding carboxylic acids is 1. The summed E-state index contributed by atoms with van der Waals surface area (Å²) < 4.78 is 39.6. The first-order chi connectivity index (χ1) is 17.5. The van der Waals surface area contributed by atoms with E-state index in [-0.39, 0.29) is 30.7 Å². The minimum Gasteiger partial charge on any atom is -0.339 e. The van der Waals surface area contributed by atoms with Gasteiger partial charge in [0.1, 0.15) is 23.0 Å². The number of hydrogen-bond acceptors (Lipinski definition) is 7. The van der Waals surface area contributed by atoms with Crippen LogP contribution < -0.4 is 10.6 Å². The number of nitriles is 1. The number of ether oxygens (including phenoxy) is 2. The van der Waals surface area contributed by atoms with Crippen molar-refractivity contribution in [3.63, 3.8) is 0 Å². The van der Waals surface area contributed by atoms with E-state index in [0.29, 0.717) is 11.0 Å². The van der Waals surface area contributed by atoms with E-state index in [4.69, 9.17) is 14.7 Å². The SMILES string of the molecule is C1CCC2(OCCO2)SC1.N#CPc1cccc(F)c1-c1nc(C(=O)Nc2cccnc2)ccc1F. The number of anilines is 1. The summed E-state index contributed by atoms with van der Waals surface area (Å²) in [6.45, 7) is 1.57. The Labute approximate surface area is 213 Å². The third-order valence-corrected chi connectivity index (χ3v) is 7.54. The second kappa shape index (κ2) is 12.3. The van der Waals surface area contributed by atoms with E-state index >= 15 is 0 Å². The van der Waals surface area contributed by atoms with Crippen molar-refractivity contribution in [3.8, 4) is 17.1 Å². The Hall–Kier alpha value is -2.96. The largest absolute Gasteiger partial charge is 0.339 e. The van der Waals surface area contributed by atoms with Crippen molar-refractivity contribution < 1.29 is 23.0 Å². The summed E-state index contributed by atoms with van der Waals surface area (Å²) in [5.41, 5.74) is -0.0527. The molecule has 5 rings (SSSR count). The number of hydrogen-bond donors (Lipinski definition) is 1. The zero-order chi connectivity index (χ0) is 25.4. The van der Waals surface area contributed by atoms with Gasteiger partial charge in [-0.05, 0) is 54.2 Å². The molecule has 3 aromatic rings. The highest BCUT2D eigenvalue weighted by molar-refractivity contribution is 8.00. The number of benzene rings is 1. The predicted octanol–water partition coefficient (Wildman–Crippen LogP) is 5.06. The Balaban J connectivity index is 0.000000251. The van der Waals surface area contributed by atoms with Crippen molar-refractivity contribution in [1.82, 2.24) is 9.97 Å². The van der Waals surface area contributed by atoms with E-state index in [0.717, 1.165) is 31.8 Å². The second-order valence-corrected chi connectivity index (χ2v) is 10.1. The molecule has 0 bridgehead atoms. The van der Waals surface area contributed by atoms with E-state index in [9.17, 15) is 13.6 Å². The summed E-state index contributed by atoms with van der Waals surface area (Å²) >= 11 is 1.83. The number of rotatable bonds is 4. The van der Waals surface area contributed by atoms with Crippen LogP contribution in [0.1, 0.15) is 29.8 Å². The van der Waals surface area contributed by atoms with Crippen LogP contribution in [0.25, 0.3) is 11.3 Å². The molecule has 2 saturated heterocycles. The quantitative estimate of drug-likeness (QED) is 0.473. The minimum atomic E-state index is -0.781. The summed E-state index contributed by atoms with van der Waals surface area (Å²) in [4.78, 5) is 20.2. The number of halogens is 2. The van der Waals surface area contributed by atoms with Gasteiger partial charge in [-0.15, -0.1) is 0 Å². The van der Waals surface area contributed by atoms with Crippen LogP contribution >= 0.6 is 20.3 Å². The van der Waals surface area contributed by atoms with Gasteiger partial charge in [-0.2, -0.15) is 5.26 Å². The predicted molar refractivity (Wildman–Crippen MR) is 136 cm³/mol. The zero-order valence-corrected chi connectivity index (χ0v) is 21.0. The van der Waals surface area contributed by atoms with Crippen LogP contribution in [0.15, 0.2) is 54.9 Å². The number of pyridine rings is 2. The van der Waals surface area contributed by atoms with Gasteiger partial charge in [0.15, 0.2) is 0 Å². The van der Waals surface area contributed by atoms with Crippen molar-refractivity contribution in [2.75, 3.05) is 24.3 Å². The monoisotopic (exact) mass is 528 g/mol. The van der Waals surface area contributed by atoms with Crippen LogP contribution in [0.4, 0.5) is 14.5 Å². The van der Waals surface area contributed by atoms with Crippen molar-refractivity contribution in [2.45, 2.75) is 24.4 Å². The molecule has 2 fully saturated rings. The highest BCUT2D eigenvalue weighted by atomic mass is 32.2. The van der Waals surface area contributed by atoms with E-state index < -0.39 is 17.5 Å². The van der Waals surface area contributed by atoms with Gasteiger partial charge in [0.25, 0.3) is 5.91 Å². The highest BCUT2D eigenvalue weighted by Crippen LogP contribution is 2.40. The summed E-state index contributed by atoms with van der Waals surface area (Å²) in [7, 11) is -0.377. The molecule has 0 saturated carbocycles. The number of amides is 1. The van der Waals surface area contributed by atoms with Gasteiger partial charge in [0, 0.05) is 26.8 Å². The molecule has 2 aliphatic heterocycles. The molecule has 4 heterocycles. The Morgan fingerprint density at radius 1 is 1.11 bits per heavy atom. The first-order valence-corrected chi connectivity index (χ1v) is 13.2. The molecule has 0 aliphatic carbocycles. The molecular weight excluding hydrogens is 505 g/mol. The average Bonchev–Trinajstić information content (AvgIpc) is 3.34. The molecule has 11 heteroatoms. The molecule has 2 aliphatic rings. The first kappa shape index (κ1) is 26.1. The maximum absolute atomic E-state index is 14.3. The molecule has 186 valence electrons. The smallest absolute Gasteiger partial charge is 0.274 e. The standard InChI is InChI=1S/C18H11F2N4OP.C7H12O2S/c19-12-4-1-5-15(26-10-21)16(12)17-13(20)6-7-14(24-17)18(25)23-11-3-2-8-22-9-11;1-2-6-10-7(3-1)8-4-5-9-7/h1-9,26H,(H,23,25);1-6H2. The molecule has 1 unspecified atom stereocenters. The fourth-order valence-electron chi connectivity index (χ4n) is 3.71. The molecule has 2 aromatic heterocycles. The molecule has 1 aromatic carbocycles. The summed E-state index contributed by atoms with van der Waals surface area (Å²) in [6, 6.07) is 9.67. The lowest BCUT2D eigenvalue weighted by Crippen LogP contribution is -2.28. The fraction of sp³-hybridized carbons (Fsp3) is 0.280. The molecule has 0 radical (unpaired) electrons. The third kappa shape index (κ3) is 6.42. The van der Waals surface area contributed by atoms with Crippen molar-refractivity contribution in [3.05, 3.63) is 72.2 Å². The van der Waals surface area contributed by atoms with E-state index in [1.807, 2.05) is 17.6 Å². The molecule has 1 atom stereocenters. The van der Waals surface area contributed by atoms with Gasteiger partial charge in [0.2, 0.25) is 5.12 Å². The molecule has 36 heavy (non-hydrogen) atoms. The Morgan fingerprint density at radius 2 is 1.94 bits per heavy atom. The van der Waals surface area contributed by atoms with Crippen LogP contribution in [0, 0.1) is 22.7 Å². The van der Waals surface area contributed by atoms with Gasteiger partial charge in [-0.1, -0.05) is 23.9 Å². The van der Waals surface area contributed by atoms with Gasteiger partial charge in [-0.25, -0.2) is 13.8 Å². The summed E-state index contributed by atoms with van der Waals surface area (Å²) in [5.74, 6) is 1.06. The number of aromatic nitrogens is 2. The van der Waals surface area contributed by atoms with E-state index in [1.54, 1.807) is 18.3 Å². The Kier molecular flexibility index (Phi) is 8.94. The topological polar surface area (TPSA) is 97.1 Å². The van der Waals surface area contributed by atoms with Crippen LogP contribution in [0.5, 0.6) is 0 Å². The third-order valence-electron chi connectivity index (χ3n) is 5.37. The molecule has 1 spiro atoms. The summed E-state index contributed by atoms with van der Waals surface area (Å²) in [5, 5.41) is 11.6.